The quantitative estimate of drug-likeness (QED) is 0.878. The third-order valence-electron chi connectivity index (χ3n) is 3.40. The molecule has 1 N–H and O–H groups in total. The Bertz CT molecular complexity index is 487. The van der Waals surface area contributed by atoms with Crippen molar-refractivity contribution in [3.05, 3.63) is 29.8 Å². The molecule has 0 aliphatic carbocycles. The van der Waals surface area contributed by atoms with Gasteiger partial charge in [-0.1, -0.05) is 18.2 Å². The first-order chi connectivity index (χ1) is 9.08. The third-order valence-corrected chi connectivity index (χ3v) is 3.40. The van der Waals surface area contributed by atoms with Gasteiger partial charge in [0.2, 0.25) is 5.91 Å². The summed E-state index contributed by atoms with van der Waals surface area (Å²) in [5.41, 5.74) is 1.97. The van der Waals surface area contributed by atoms with E-state index in [1.165, 1.54) is 0 Å². The summed E-state index contributed by atoms with van der Waals surface area (Å²) in [6.07, 6.45) is 0.602. The summed E-state index contributed by atoms with van der Waals surface area (Å²) in [4.78, 5) is 26.2. The Morgan fingerprint density at radius 3 is 2.74 bits per heavy atom. The highest BCUT2D eigenvalue weighted by molar-refractivity contribution is 5.83. The lowest BCUT2D eigenvalue weighted by Gasteiger charge is -2.34. The predicted octanol–water partition coefficient (Wildman–Crippen LogP) is 0.982. The normalized spacial score (nSPS) is 15.7. The maximum Gasteiger partial charge on any atom is 0.303 e. The maximum absolute atomic E-state index is 11.7. The molecule has 1 aromatic carbocycles. The number of nitrogens with zero attached hydrogens (tertiary/aromatic N) is 2. The van der Waals surface area contributed by atoms with E-state index in [0.29, 0.717) is 19.5 Å². The summed E-state index contributed by atoms with van der Waals surface area (Å²) in [7, 11) is 1.80. The van der Waals surface area contributed by atoms with Gasteiger partial charge in [-0.3, -0.25) is 9.59 Å². The van der Waals surface area contributed by atoms with Gasteiger partial charge >= 0.3 is 5.97 Å². The molecule has 19 heavy (non-hydrogen) atoms. The van der Waals surface area contributed by atoms with Crippen molar-refractivity contribution in [3.8, 4) is 0 Å². The van der Waals surface area contributed by atoms with Crippen LogP contribution in [0.25, 0.3) is 0 Å². The molecule has 0 radical (unpaired) electrons. The van der Waals surface area contributed by atoms with Gasteiger partial charge in [0.05, 0.1) is 6.54 Å². The number of carboxylic acid groups (broad SMARTS) is 1. The number of carbonyl (C=O) groups excluding carboxylic acids is 1. The van der Waals surface area contributed by atoms with Crippen molar-refractivity contribution in [3.63, 3.8) is 0 Å². The molecule has 2 rings (SSSR count). The van der Waals surface area contributed by atoms with Gasteiger partial charge in [0, 0.05) is 32.2 Å². The average Bonchev–Trinajstić information content (AvgIpc) is 2.40. The average molecular weight is 262 g/mol. The second kappa shape index (κ2) is 5.73. The van der Waals surface area contributed by atoms with Gasteiger partial charge in [-0.25, -0.2) is 0 Å². The Morgan fingerprint density at radius 1 is 1.32 bits per heavy atom. The summed E-state index contributed by atoms with van der Waals surface area (Å²) in [5.74, 6) is -0.705. The third kappa shape index (κ3) is 3.24. The Hall–Kier alpha value is -2.04. The van der Waals surface area contributed by atoms with E-state index in [0.717, 1.165) is 17.8 Å². The van der Waals surface area contributed by atoms with E-state index in [9.17, 15) is 9.59 Å². The lowest BCUT2D eigenvalue weighted by Crippen LogP contribution is -2.48. The van der Waals surface area contributed by atoms with Crippen molar-refractivity contribution < 1.29 is 14.7 Å². The largest absolute Gasteiger partial charge is 0.481 e. The smallest absolute Gasteiger partial charge is 0.303 e. The van der Waals surface area contributed by atoms with Crippen LogP contribution in [0, 0.1) is 0 Å². The van der Waals surface area contributed by atoms with Crippen LogP contribution in [-0.4, -0.2) is 48.6 Å². The van der Waals surface area contributed by atoms with Gasteiger partial charge in [-0.2, -0.15) is 0 Å². The fourth-order valence-corrected chi connectivity index (χ4v) is 2.24. The van der Waals surface area contributed by atoms with Crippen LogP contribution in [0.5, 0.6) is 0 Å². The molecule has 0 saturated carbocycles. The molecule has 1 heterocycles. The van der Waals surface area contributed by atoms with Crippen LogP contribution >= 0.6 is 0 Å². The highest BCUT2D eigenvalue weighted by Crippen LogP contribution is 2.23. The number of piperazine rings is 1. The summed E-state index contributed by atoms with van der Waals surface area (Å²) >= 11 is 0. The number of hydrogen-bond donors (Lipinski definition) is 1. The van der Waals surface area contributed by atoms with Crippen LogP contribution < -0.4 is 4.90 Å². The number of likely N-dealkylation sites (N-methyl/N-ethyl adjacent to an activating group) is 1. The first kappa shape index (κ1) is 13.4. The number of carboxylic acids is 1. The lowest BCUT2D eigenvalue weighted by atomic mass is 10.1. The molecule has 0 bridgehead atoms. The molecule has 0 atom stereocenters. The number of amides is 1. The number of carbonyl (C=O) groups is 2. The van der Waals surface area contributed by atoms with E-state index >= 15 is 0 Å². The Kier molecular flexibility index (Phi) is 4.04. The zero-order valence-corrected chi connectivity index (χ0v) is 11.0. The Balaban J connectivity index is 2.15. The summed E-state index contributed by atoms with van der Waals surface area (Å²) in [6.45, 7) is 1.85. The van der Waals surface area contributed by atoms with Crippen LogP contribution in [0.1, 0.15) is 12.0 Å². The molecule has 102 valence electrons. The number of anilines is 1. The minimum atomic E-state index is -0.802. The molecular weight excluding hydrogens is 244 g/mol. The van der Waals surface area contributed by atoms with Crippen molar-refractivity contribution in [2.24, 2.45) is 0 Å². The molecule has 1 aliphatic heterocycles. The summed E-state index contributed by atoms with van der Waals surface area (Å²) < 4.78 is 0. The molecule has 1 amide bonds. The highest BCUT2D eigenvalue weighted by Gasteiger charge is 2.22. The lowest BCUT2D eigenvalue weighted by molar-refractivity contribution is -0.137. The van der Waals surface area contributed by atoms with Crippen LogP contribution in [0.2, 0.25) is 0 Å². The van der Waals surface area contributed by atoms with E-state index in [4.69, 9.17) is 5.11 Å². The van der Waals surface area contributed by atoms with Gasteiger partial charge in [0.25, 0.3) is 0 Å². The molecular formula is C14H18N2O3. The second-order valence-corrected chi connectivity index (χ2v) is 4.76. The van der Waals surface area contributed by atoms with E-state index in [1.807, 2.05) is 29.2 Å². The predicted molar refractivity (Wildman–Crippen MR) is 72.2 cm³/mol. The molecule has 1 fully saturated rings. The monoisotopic (exact) mass is 262 g/mol. The fourth-order valence-electron chi connectivity index (χ4n) is 2.24. The van der Waals surface area contributed by atoms with Crippen LogP contribution in [0.4, 0.5) is 5.69 Å². The zero-order chi connectivity index (χ0) is 13.8. The number of para-hydroxylation sites is 1. The SMILES string of the molecule is CN1CCN(c2ccccc2CCC(=O)O)CC1=O. The van der Waals surface area contributed by atoms with Gasteiger partial charge in [-0.05, 0) is 18.1 Å². The molecule has 0 unspecified atom stereocenters. The standard InChI is InChI=1S/C14H18N2O3/c1-15-8-9-16(10-13(15)17)12-5-3-2-4-11(12)6-7-14(18)19/h2-5H,6-10H2,1H3,(H,18,19). The Morgan fingerprint density at radius 2 is 2.05 bits per heavy atom. The molecule has 1 saturated heterocycles. The van der Waals surface area contributed by atoms with Crippen molar-refractivity contribution in [1.29, 1.82) is 0 Å². The van der Waals surface area contributed by atoms with Gasteiger partial charge in [0.1, 0.15) is 0 Å². The van der Waals surface area contributed by atoms with Gasteiger partial charge in [0.15, 0.2) is 0 Å². The zero-order valence-electron chi connectivity index (χ0n) is 11.0. The summed E-state index contributed by atoms with van der Waals surface area (Å²) in [6, 6.07) is 7.71. The van der Waals surface area contributed by atoms with Crippen molar-refractivity contribution in [2.45, 2.75) is 12.8 Å². The maximum atomic E-state index is 11.7. The molecule has 1 aromatic rings. The first-order valence-electron chi connectivity index (χ1n) is 6.36. The molecule has 0 spiro atoms. The number of rotatable bonds is 4. The van der Waals surface area contributed by atoms with Gasteiger partial charge in [-0.15, -0.1) is 0 Å². The Labute approximate surface area is 112 Å². The summed E-state index contributed by atoms with van der Waals surface area (Å²) in [5, 5.41) is 8.78. The van der Waals surface area contributed by atoms with E-state index < -0.39 is 5.97 Å². The number of benzene rings is 1. The van der Waals surface area contributed by atoms with Crippen molar-refractivity contribution in [2.75, 3.05) is 31.6 Å². The van der Waals surface area contributed by atoms with Gasteiger partial charge < -0.3 is 14.9 Å². The first-order valence-corrected chi connectivity index (χ1v) is 6.36. The van der Waals surface area contributed by atoms with E-state index in [-0.39, 0.29) is 12.3 Å². The molecule has 5 nitrogen and oxygen atoms in total. The van der Waals surface area contributed by atoms with Crippen LogP contribution in [0.15, 0.2) is 24.3 Å². The minimum Gasteiger partial charge on any atom is -0.481 e. The van der Waals surface area contributed by atoms with Crippen molar-refractivity contribution in [1.82, 2.24) is 4.90 Å². The number of aryl methyl sites for hydroxylation is 1. The second-order valence-electron chi connectivity index (χ2n) is 4.76. The molecule has 0 aromatic heterocycles. The highest BCUT2D eigenvalue weighted by atomic mass is 16.4. The van der Waals surface area contributed by atoms with E-state index in [2.05, 4.69) is 0 Å². The number of hydrogen-bond acceptors (Lipinski definition) is 3. The van der Waals surface area contributed by atoms with Crippen LogP contribution in [-0.2, 0) is 16.0 Å². The molecule has 1 aliphatic rings. The van der Waals surface area contributed by atoms with E-state index in [1.54, 1.807) is 11.9 Å². The van der Waals surface area contributed by atoms with Crippen LogP contribution in [0.3, 0.4) is 0 Å². The minimum absolute atomic E-state index is 0.0966. The molecule has 5 heteroatoms. The van der Waals surface area contributed by atoms with Crippen molar-refractivity contribution >= 4 is 17.6 Å². The fraction of sp³-hybridized carbons (Fsp3) is 0.429. The topological polar surface area (TPSA) is 60.9 Å². The number of aliphatic carboxylic acids is 1.